The average Bonchev–Trinajstić information content (AvgIpc) is 2.07. The summed E-state index contributed by atoms with van der Waals surface area (Å²) in [6.07, 6.45) is 3.54. The molecule has 12 heavy (non-hydrogen) atoms. The van der Waals surface area contributed by atoms with Gasteiger partial charge in [0.1, 0.15) is 0 Å². The summed E-state index contributed by atoms with van der Waals surface area (Å²) < 4.78 is 0. The van der Waals surface area contributed by atoms with Gasteiger partial charge in [-0.15, -0.1) is 0 Å². The summed E-state index contributed by atoms with van der Waals surface area (Å²) >= 11 is 0. The number of pyridine rings is 1. The maximum absolute atomic E-state index is 8.96. The van der Waals surface area contributed by atoms with Crippen LogP contribution in [0.3, 0.4) is 0 Å². The fraction of sp³-hybridized carbons (Fsp3) is 0.444. The van der Waals surface area contributed by atoms with Gasteiger partial charge in [-0.1, -0.05) is 6.07 Å². The lowest BCUT2D eigenvalue weighted by Gasteiger charge is -2.11. The van der Waals surface area contributed by atoms with Crippen molar-refractivity contribution in [1.29, 1.82) is 0 Å². The Morgan fingerprint density at radius 1 is 1.58 bits per heavy atom. The van der Waals surface area contributed by atoms with Crippen molar-refractivity contribution in [3.63, 3.8) is 0 Å². The summed E-state index contributed by atoms with van der Waals surface area (Å²) in [6.45, 7) is 2.52. The standard InChI is InChI=1S/C9H14N2O/c1-7-2-8(5-11-4-7)9(3-10)6-12/h2,4-5,9,12H,3,6,10H2,1H3. The molecular weight excluding hydrogens is 152 g/mol. The lowest BCUT2D eigenvalue weighted by molar-refractivity contribution is 0.267. The van der Waals surface area contributed by atoms with E-state index in [1.165, 1.54) is 0 Å². The van der Waals surface area contributed by atoms with E-state index in [2.05, 4.69) is 4.98 Å². The van der Waals surface area contributed by atoms with Gasteiger partial charge in [-0.2, -0.15) is 0 Å². The van der Waals surface area contributed by atoms with Crippen LogP contribution in [-0.4, -0.2) is 23.2 Å². The summed E-state index contributed by atoms with van der Waals surface area (Å²) in [5, 5.41) is 8.96. The Labute approximate surface area is 72.2 Å². The summed E-state index contributed by atoms with van der Waals surface area (Å²) in [6, 6.07) is 2.00. The monoisotopic (exact) mass is 166 g/mol. The van der Waals surface area contributed by atoms with E-state index >= 15 is 0 Å². The number of aliphatic hydroxyl groups excluding tert-OH is 1. The zero-order chi connectivity index (χ0) is 8.97. The molecule has 0 aliphatic heterocycles. The van der Waals surface area contributed by atoms with Crippen molar-refractivity contribution in [3.05, 3.63) is 29.6 Å². The Bertz CT molecular complexity index is 246. The van der Waals surface area contributed by atoms with Crippen LogP contribution in [0, 0.1) is 6.92 Å². The lowest BCUT2D eigenvalue weighted by atomic mass is 10.0. The molecule has 1 heterocycles. The van der Waals surface area contributed by atoms with Crippen molar-refractivity contribution >= 4 is 0 Å². The third-order valence-corrected chi connectivity index (χ3v) is 1.87. The first kappa shape index (κ1) is 9.16. The van der Waals surface area contributed by atoms with Gasteiger partial charge >= 0.3 is 0 Å². The fourth-order valence-electron chi connectivity index (χ4n) is 1.12. The summed E-state index contributed by atoms with van der Waals surface area (Å²) in [5.41, 5.74) is 7.59. The van der Waals surface area contributed by atoms with Crippen molar-refractivity contribution < 1.29 is 5.11 Å². The van der Waals surface area contributed by atoms with Gasteiger partial charge < -0.3 is 10.8 Å². The molecule has 0 spiro atoms. The van der Waals surface area contributed by atoms with Crippen molar-refractivity contribution in [2.24, 2.45) is 5.73 Å². The van der Waals surface area contributed by atoms with E-state index in [1.807, 2.05) is 13.0 Å². The van der Waals surface area contributed by atoms with Crippen LogP contribution in [0.1, 0.15) is 17.0 Å². The molecule has 1 atom stereocenters. The molecule has 66 valence electrons. The highest BCUT2D eigenvalue weighted by Crippen LogP contribution is 2.13. The second-order valence-electron chi connectivity index (χ2n) is 2.91. The first-order valence-corrected chi connectivity index (χ1v) is 4.00. The lowest BCUT2D eigenvalue weighted by Crippen LogP contribution is -2.16. The highest BCUT2D eigenvalue weighted by molar-refractivity contribution is 5.20. The summed E-state index contributed by atoms with van der Waals surface area (Å²) in [4.78, 5) is 4.03. The van der Waals surface area contributed by atoms with Crippen molar-refractivity contribution in [1.82, 2.24) is 4.98 Å². The van der Waals surface area contributed by atoms with Crippen LogP contribution in [0.4, 0.5) is 0 Å². The molecule has 0 aliphatic carbocycles. The molecule has 1 rings (SSSR count). The van der Waals surface area contributed by atoms with E-state index in [1.54, 1.807) is 12.4 Å². The number of hydrogen-bond acceptors (Lipinski definition) is 3. The molecule has 0 radical (unpaired) electrons. The molecule has 0 saturated carbocycles. The molecule has 3 heteroatoms. The number of aryl methyl sites for hydroxylation is 1. The van der Waals surface area contributed by atoms with Crippen molar-refractivity contribution in [2.45, 2.75) is 12.8 Å². The molecule has 3 N–H and O–H groups in total. The zero-order valence-corrected chi connectivity index (χ0v) is 7.20. The normalized spacial score (nSPS) is 12.9. The van der Waals surface area contributed by atoms with Gasteiger partial charge in [0.25, 0.3) is 0 Å². The van der Waals surface area contributed by atoms with E-state index in [9.17, 15) is 0 Å². The Kier molecular flexibility index (Phi) is 3.19. The summed E-state index contributed by atoms with van der Waals surface area (Å²) in [7, 11) is 0. The Hall–Kier alpha value is -0.930. The van der Waals surface area contributed by atoms with Crippen LogP contribution in [0.15, 0.2) is 18.5 Å². The van der Waals surface area contributed by atoms with E-state index in [4.69, 9.17) is 10.8 Å². The van der Waals surface area contributed by atoms with E-state index in [-0.39, 0.29) is 12.5 Å². The summed E-state index contributed by atoms with van der Waals surface area (Å²) in [5.74, 6) is 0.0254. The van der Waals surface area contributed by atoms with Gasteiger partial charge in [-0.3, -0.25) is 4.98 Å². The highest BCUT2D eigenvalue weighted by Gasteiger charge is 2.07. The maximum Gasteiger partial charge on any atom is 0.0512 e. The van der Waals surface area contributed by atoms with Gasteiger partial charge in [-0.05, 0) is 18.1 Å². The second-order valence-corrected chi connectivity index (χ2v) is 2.91. The Morgan fingerprint density at radius 2 is 2.33 bits per heavy atom. The van der Waals surface area contributed by atoms with E-state index < -0.39 is 0 Å². The van der Waals surface area contributed by atoms with E-state index in [0.717, 1.165) is 11.1 Å². The topological polar surface area (TPSA) is 59.1 Å². The molecule has 1 unspecified atom stereocenters. The van der Waals surface area contributed by atoms with Gasteiger partial charge in [0.05, 0.1) is 6.61 Å². The smallest absolute Gasteiger partial charge is 0.0512 e. The zero-order valence-electron chi connectivity index (χ0n) is 7.20. The molecule has 3 nitrogen and oxygen atoms in total. The molecule has 1 aromatic rings. The van der Waals surface area contributed by atoms with Crippen LogP contribution >= 0.6 is 0 Å². The predicted molar refractivity (Wildman–Crippen MR) is 47.9 cm³/mol. The minimum atomic E-state index is 0.0254. The highest BCUT2D eigenvalue weighted by atomic mass is 16.3. The minimum Gasteiger partial charge on any atom is -0.396 e. The van der Waals surface area contributed by atoms with Gasteiger partial charge in [0.15, 0.2) is 0 Å². The molecule has 0 amide bonds. The largest absolute Gasteiger partial charge is 0.396 e. The van der Waals surface area contributed by atoms with Crippen LogP contribution < -0.4 is 5.73 Å². The second kappa shape index (κ2) is 4.18. The van der Waals surface area contributed by atoms with Crippen molar-refractivity contribution in [2.75, 3.05) is 13.2 Å². The van der Waals surface area contributed by atoms with Crippen LogP contribution in [0.5, 0.6) is 0 Å². The van der Waals surface area contributed by atoms with Gasteiger partial charge in [0, 0.05) is 24.9 Å². The number of aromatic nitrogens is 1. The van der Waals surface area contributed by atoms with Crippen LogP contribution in [-0.2, 0) is 0 Å². The number of rotatable bonds is 3. The van der Waals surface area contributed by atoms with Crippen LogP contribution in [0.25, 0.3) is 0 Å². The van der Waals surface area contributed by atoms with Crippen molar-refractivity contribution in [3.8, 4) is 0 Å². The third-order valence-electron chi connectivity index (χ3n) is 1.87. The maximum atomic E-state index is 8.96. The quantitative estimate of drug-likeness (QED) is 0.684. The number of nitrogens with two attached hydrogens (primary N) is 1. The SMILES string of the molecule is Cc1cncc(C(CN)CO)c1. The Balaban J connectivity index is 2.85. The molecule has 0 aliphatic rings. The minimum absolute atomic E-state index is 0.0254. The first-order chi connectivity index (χ1) is 5.77. The average molecular weight is 166 g/mol. The van der Waals surface area contributed by atoms with E-state index in [0.29, 0.717) is 6.54 Å². The molecule has 1 aromatic heterocycles. The molecule has 0 bridgehead atoms. The fourth-order valence-corrected chi connectivity index (χ4v) is 1.12. The molecule has 0 saturated heterocycles. The molecule has 0 fully saturated rings. The third kappa shape index (κ3) is 2.03. The van der Waals surface area contributed by atoms with Gasteiger partial charge in [0.2, 0.25) is 0 Å². The molecular formula is C9H14N2O. The Morgan fingerprint density at radius 3 is 2.83 bits per heavy atom. The van der Waals surface area contributed by atoms with Crippen LogP contribution in [0.2, 0.25) is 0 Å². The van der Waals surface area contributed by atoms with Gasteiger partial charge in [-0.25, -0.2) is 0 Å². The number of nitrogens with zero attached hydrogens (tertiary/aromatic N) is 1. The first-order valence-electron chi connectivity index (χ1n) is 4.00. The predicted octanol–water partition coefficient (Wildman–Crippen LogP) is 0.425. The molecule has 0 aromatic carbocycles. The number of aliphatic hydroxyl groups is 1. The number of hydrogen-bond donors (Lipinski definition) is 2.